The van der Waals surface area contributed by atoms with Gasteiger partial charge in [-0.05, 0) is 18.9 Å². The fraction of sp³-hybridized carbons (Fsp3) is 0.476. The Kier molecular flexibility index (Phi) is 5.99. The molecule has 0 fully saturated rings. The second kappa shape index (κ2) is 8.25. The van der Waals surface area contributed by atoms with E-state index >= 15 is 0 Å². The van der Waals surface area contributed by atoms with Gasteiger partial charge in [0.25, 0.3) is 0 Å². The zero-order chi connectivity index (χ0) is 19.6. The lowest BCUT2D eigenvalue weighted by molar-refractivity contribution is -0.122. The monoisotopic (exact) mass is 371 g/mol. The number of fused-ring (bicyclic) bond motifs is 1. The van der Waals surface area contributed by atoms with Crippen molar-refractivity contribution in [2.24, 2.45) is 11.8 Å². The topological polar surface area (TPSA) is 94.9 Å². The van der Waals surface area contributed by atoms with Crippen LogP contribution in [0.3, 0.4) is 0 Å². The molecule has 0 amide bonds. The van der Waals surface area contributed by atoms with Gasteiger partial charge in [-0.15, -0.1) is 0 Å². The van der Waals surface area contributed by atoms with Crippen molar-refractivity contribution in [3.63, 3.8) is 0 Å². The third-order valence-electron chi connectivity index (χ3n) is 5.59. The summed E-state index contributed by atoms with van der Waals surface area (Å²) < 4.78 is 0. The molecule has 6 heteroatoms. The van der Waals surface area contributed by atoms with Gasteiger partial charge < -0.3 is 10.2 Å². The first-order valence-electron chi connectivity index (χ1n) is 9.38. The highest BCUT2D eigenvalue weighted by Gasteiger charge is 2.43. The maximum absolute atomic E-state index is 13.1. The van der Waals surface area contributed by atoms with Crippen molar-refractivity contribution in [1.29, 1.82) is 0 Å². The van der Waals surface area contributed by atoms with Gasteiger partial charge in [0.05, 0.1) is 13.2 Å². The number of allylic oxidation sites excluding steroid dienone is 2. The molecule has 2 aliphatic rings. The van der Waals surface area contributed by atoms with Crippen LogP contribution in [0.4, 0.5) is 0 Å². The summed E-state index contributed by atoms with van der Waals surface area (Å²) in [7, 11) is 0. The van der Waals surface area contributed by atoms with Crippen molar-refractivity contribution >= 4 is 17.3 Å². The number of aliphatic hydroxyl groups excluding tert-OH is 2. The molecule has 3 rings (SSSR count). The van der Waals surface area contributed by atoms with Gasteiger partial charge in [-0.25, -0.2) is 0 Å². The van der Waals surface area contributed by atoms with Crippen molar-refractivity contribution < 1.29 is 24.6 Å². The molecule has 0 bridgehead atoms. The van der Waals surface area contributed by atoms with E-state index in [1.807, 2.05) is 4.90 Å². The molecule has 0 heterocycles. The van der Waals surface area contributed by atoms with Crippen LogP contribution in [0, 0.1) is 11.8 Å². The Morgan fingerprint density at radius 2 is 1.48 bits per heavy atom. The first-order chi connectivity index (χ1) is 13.0. The zero-order valence-corrected chi connectivity index (χ0v) is 15.5. The van der Waals surface area contributed by atoms with Crippen LogP contribution in [0.15, 0.2) is 35.4 Å². The van der Waals surface area contributed by atoms with Gasteiger partial charge in [0, 0.05) is 47.7 Å². The summed E-state index contributed by atoms with van der Waals surface area (Å²) in [5.74, 6) is -1.26. The van der Waals surface area contributed by atoms with Crippen LogP contribution in [0.5, 0.6) is 0 Å². The van der Waals surface area contributed by atoms with Crippen LogP contribution in [-0.2, 0) is 4.79 Å². The number of nitrogens with zero attached hydrogens (tertiary/aromatic N) is 1. The van der Waals surface area contributed by atoms with Crippen molar-refractivity contribution in [3.8, 4) is 0 Å². The van der Waals surface area contributed by atoms with Crippen molar-refractivity contribution in [2.75, 3.05) is 32.8 Å². The molecular formula is C21H25NO5. The lowest BCUT2D eigenvalue weighted by Gasteiger charge is -2.34. The normalized spacial score (nSPS) is 22.3. The summed E-state index contributed by atoms with van der Waals surface area (Å²) in [5, 5.41) is 18.3. The molecule has 144 valence electrons. The van der Waals surface area contributed by atoms with Gasteiger partial charge in [0.2, 0.25) is 0 Å². The molecule has 2 atom stereocenters. The smallest absolute Gasteiger partial charge is 0.190 e. The van der Waals surface area contributed by atoms with Crippen LogP contribution < -0.4 is 0 Å². The Hall–Kier alpha value is -2.15. The number of carbonyl (C=O) groups is 3. The minimum Gasteiger partial charge on any atom is -0.395 e. The molecule has 1 aromatic carbocycles. The first-order valence-corrected chi connectivity index (χ1v) is 9.38. The summed E-state index contributed by atoms with van der Waals surface area (Å²) in [4.78, 5) is 40.6. The van der Waals surface area contributed by atoms with E-state index in [9.17, 15) is 14.4 Å². The standard InChI is InChI=1S/C21H25NO5/c1-13-17(25)12-14(6-7-22(8-10-23)9-11-24)19-18(13)20(26)15-4-2-3-5-16(15)21(19)27/h2-5,13-14,23-24H,6-12H2,1H3. The highest BCUT2D eigenvalue weighted by molar-refractivity contribution is 6.29. The average Bonchev–Trinajstić information content (AvgIpc) is 2.67. The molecule has 1 aromatic rings. The fourth-order valence-corrected chi connectivity index (χ4v) is 4.13. The quantitative estimate of drug-likeness (QED) is 0.749. The molecule has 2 aliphatic carbocycles. The second-order valence-electron chi connectivity index (χ2n) is 7.20. The van der Waals surface area contributed by atoms with E-state index in [4.69, 9.17) is 10.2 Å². The summed E-state index contributed by atoms with van der Waals surface area (Å²) >= 11 is 0. The Morgan fingerprint density at radius 1 is 0.926 bits per heavy atom. The Labute approximate surface area is 158 Å². The summed E-state index contributed by atoms with van der Waals surface area (Å²) in [6.07, 6.45) is 0.770. The van der Waals surface area contributed by atoms with Crippen molar-refractivity contribution in [2.45, 2.75) is 19.8 Å². The van der Waals surface area contributed by atoms with Gasteiger partial charge in [-0.3, -0.25) is 19.3 Å². The van der Waals surface area contributed by atoms with Gasteiger partial charge in [0.1, 0.15) is 5.78 Å². The minimum atomic E-state index is -0.563. The van der Waals surface area contributed by atoms with E-state index in [1.165, 1.54) is 0 Å². The SMILES string of the molecule is CC1C(=O)CC(CCN(CCO)CCO)C2=C1C(=O)c1ccccc1C2=O. The minimum absolute atomic E-state index is 0.0184. The molecule has 0 saturated carbocycles. The highest BCUT2D eigenvalue weighted by atomic mass is 16.3. The van der Waals surface area contributed by atoms with Gasteiger partial charge >= 0.3 is 0 Å². The molecule has 0 aromatic heterocycles. The number of aliphatic hydroxyl groups is 2. The highest BCUT2D eigenvalue weighted by Crippen LogP contribution is 2.41. The second-order valence-corrected chi connectivity index (χ2v) is 7.20. The Bertz CT molecular complexity index is 792. The third kappa shape index (κ3) is 3.65. The fourth-order valence-electron chi connectivity index (χ4n) is 4.13. The predicted molar refractivity (Wildman–Crippen MR) is 99.6 cm³/mol. The largest absolute Gasteiger partial charge is 0.395 e. The molecule has 27 heavy (non-hydrogen) atoms. The van der Waals surface area contributed by atoms with Crippen LogP contribution in [0.25, 0.3) is 0 Å². The number of rotatable bonds is 7. The predicted octanol–water partition coefficient (Wildman–Crippen LogP) is 1.26. The maximum Gasteiger partial charge on any atom is 0.190 e. The molecule has 0 aliphatic heterocycles. The summed E-state index contributed by atoms with van der Waals surface area (Å²) in [6.45, 7) is 3.02. The molecule has 0 spiro atoms. The van der Waals surface area contributed by atoms with E-state index in [1.54, 1.807) is 31.2 Å². The number of carbonyl (C=O) groups excluding carboxylic acids is 3. The summed E-state index contributed by atoms with van der Waals surface area (Å²) in [5.41, 5.74) is 1.63. The van der Waals surface area contributed by atoms with Gasteiger partial charge in [0.15, 0.2) is 11.6 Å². The molecule has 0 saturated heterocycles. The number of hydrogen-bond acceptors (Lipinski definition) is 6. The molecule has 6 nitrogen and oxygen atoms in total. The van der Waals surface area contributed by atoms with Gasteiger partial charge in [-0.2, -0.15) is 0 Å². The van der Waals surface area contributed by atoms with Crippen LogP contribution in [0.1, 0.15) is 40.5 Å². The van der Waals surface area contributed by atoms with Gasteiger partial charge in [-0.1, -0.05) is 31.2 Å². The number of Topliss-reactive ketones (excluding diaryl/α,β-unsaturated/α-hetero) is 3. The van der Waals surface area contributed by atoms with E-state index in [-0.39, 0.29) is 42.9 Å². The van der Waals surface area contributed by atoms with E-state index in [0.29, 0.717) is 48.3 Å². The van der Waals surface area contributed by atoms with Crippen LogP contribution in [0.2, 0.25) is 0 Å². The zero-order valence-electron chi connectivity index (χ0n) is 15.5. The molecule has 0 radical (unpaired) electrons. The Morgan fingerprint density at radius 3 is 2.04 bits per heavy atom. The van der Waals surface area contributed by atoms with Crippen molar-refractivity contribution in [1.82, 2.24) is 4.90 Å². The maximum atomic E-state index is 13.1. The third-order valence-corrected chi connectivity index (χ3v) is 5.59. The summed E-state index contributed by atoms with van der Waals surface area (Å²) in [6, 6.07) is 6.78. The van der Waals surface area contributed by atoms with Crippen molar-refractivity contribution in [3.05, 3.63) is 46.5 Å². The number of ketones is 3. The molecular weight excluding hydrogens is 346 g/mol. The van der Waals surface area contributed by atoms with E-state index in [2.05, 4.69) is 0 Å². The first kappa shape index (κ1) is 19.6. The van der Waals surface area contributed by atoms with Crippen LogP contribution in [-0.4, -0.2) is 65.3 Å². The number of hydrogen-bond donors (Lipinski definition) is 2. The van der Waals surface area contributed by atoms with Crippen LogP contribution >= 0.6 is 0 Å². The Balaban J connectivity index is 1.93. The van der Waals surface area contributed by atoms with E-state index in [0.717, 1.165) is 0 Å². The molecule has 2 unspecified atom stereocenters. The number of benzene rings is 1. The lowest BCUT2D eigenvalue weighted by Crippen LogP contribution is -2.39. The average molecular weight is 371 g/mol. The van der Waals surface area contributed by atoms with E-state index < -0.39 is 5.92 Å². The molecule has 2 N–H and O–H groups in total. The lowest BCUT2D eigenvalue weighted by atomic mass is 9.67.